The Labute approximate surface area is 314 Å². The number of benzene rings is 2. The topological polar surface area (TPSA) is 123 Å². The lowest BCUT2D eigenvalue weighted by atomic mass is 9.56. The molecule has 4 unspecified atom stereocenters. The van der Waals surface area contributed by atoms with Gasteiger partial charge < -0.3 is 30.4 Å². The van der Waals surface area contributed by atoms with Crippen LogP contribution in [0.5, 0.6) is 0 Å². The van der Waals surface area contributed by atoms with E-state index in [0.717, 1.165) is 66.1 Å². The summed E-state index contributed by atoms with van der Waals surface area (Å²) in [5, 5.41) is 0. The van der Waals surface area contributed by atoms with Crippen LogP contribution in [0.1, 0.15) is 102 Å². The zero-order valence-corrected chi connectivity index (χ0v) is 33.9. The molecule has 2 aromatic rings. The van der Waals surface area contributed by atoms with E-state index in [0.29, 0.717) is 36.9 Å². The maximum absolute atomic E-state index is 13.2. The molecule has 51 heavy (non-hydrogen) atoms. The summed E-state index contributed by atoms with van der Waals surface area (Å²) in [6.45, 7) is 15.3. The van der Waals surface area contributed by atoms with Crippen molar-refractivity contribution in [1.29, 1.82) is 0 Å². The third-order valence-corrected chi connectivity index (χ3v) is 13.6. The van der Waals surface area contributed by atoms with E-state index in [1.54, 1.807) is 14.2 Å². The lowest BCUT2D eigenvalue weighted by Gasteiger charge is -2.51. The van der Waals surface area contributed by atoms with E-state index in [1.807, 2.05) is 26.0 Å². The third-order valence-electron chi connectivity index (χ3n) is 13.1. The van der Waals surface area contributed by atoms with Crippen molar-refractivity contribution in [1.82, 2.24) is 0 Å². The van der Waals surface area contributed by atoms with Crippen LogP contribution in [0.3, 0.4) is 0 Å². The molecule has 8 nitrogen and oxygen atoms in total. The molecule has 0 saturated heterocycles. The summed E-state index contributed by atoms with van der Waals surface area (Å²) in [6.07, 6.45) is 6.47. The molecule has 4 aliphatic carbocycles. The summed E-state index contributed by atoms with van der Waals surface area (Å²) < 4.78 is 23.4. The molecule has 2 fully saturated rings. The number of carbonyl (C=O) groups excluding carboxylic acids is 2. The number of carbonyl (C=O) groups is 2. The van der Waals surface area contributed by atoms with E-state index in [1.165, 1.54) is 11.1 Å². The van der Waals surface area contributed by atoms with Gasteiger partial charge in [-0.25, -0.2) is 9.59 Å². The molecule has 0 amide bonds. The molecule has 0 aromatic heterocycles. The van der Waals surface area contributed by atoms with Crippen molar-refractivity contribution in [3.05, 3.63) is 68.7 Å². The zero-order valence-electron chi connectivity index (χ0n) is 32.3. The molecule has 6 rings (SSSR count). The molecule has 0 aliphatic heterocycles. The number of hydrogen-bond acceptors (Lipinski definition) is 8. The predicted octanol–water partition coefficient (Wildman–Crippen LogP) is 7.38. The second-order valence-electron chi connectivity index (χ2n) is 16.2. The number of fused-ring (bicyclic) bond motifs is 2. The summed E-state index contributed by atoms with van der Waals surface area (Å²) in [7, 11) is 3.56. The number of methoxy groups -OCH3 is 2. The molecule has 2 spiro atoms. The van der Waals surface area contributed by atoms with Crippen molar-refractivity contribution >= 4 is 27.9 Å². The smallest absolute Gasteiger partial charge is 0.331 e. The molecule has 2 saturated carbocycles. The Morgan fingerprint density at radius 1 is 0.686 bits per heavy atom. The Morgan fingerprint density at radius 3 is 1.45 bits per heavy atom. The lowest BCUT2D eigenvalue weighted by Crippen LogP contribution is -2.60. The lowest BCUT2D eigenvalue weighted by molar-refractivity contribution is -0.162. The van der Waals surface area contributed by atoms with E-state index in [4.69, 9.17) is 30.4 Å². The van der Waals surface area contributed by atoms with Gasteiger partial charge in [-0.15, -0.1) is 0 Å². The highest BCUT2D eigenvalue weighted by Crippen LogP contribution is 2.61. The van der Waals surface area contributed by atoms with Crippen LogP contribution in [-0.2, 0) is 58.9 Å². The highest BCUT2D eigenvalue weighted by molar-refractivity contribution is 9.10. The van der Waals surface area contributed by atoms with Gasteiger partial charge >= 0.3 is 11.9 Å². The van der Waals surface area contributed by atoms with Gasteiger partial charge in [0.15, 0.2) is 0 Å². The van der Waals surface area contributed by atoms with Crippen LogP contribution in [0.25, 0.3) is 0 Å². The fourth-order valence-electron chi connectivity index (χ4n) is 11.2. The summed E-state index contributed by atoms with van der Waals surface area (Å²) in [5.74, 6) is 0.791. The first-order chi connectivity index (χ1) is 24.1. The van der Waals surface area contributed by atoms with E-state index >= 15 is 0 Å². The van der Waals surface area contributed by atoms with Crippen LogP contribution >= 0.6 is 15.9 Å². The average Bonchev–Trinajstić information content (AvgIpc) is 3.45. The zero-order chi connectivity index (χ0) is 37.5. The number of aryl methyl sites for hydroxylation is 1. The van der Waals surface area contributed by atoms with Crippen LogP contribution in [0.2, 0.25) is 0 Å². The van der Waals surface area contributed by atoms with Crippen LogP contribution in [-0.4, -0.2) is 51.6 Å². The summed E-state index contributed by atoms with van der Waals surface area (Å²) in [4.78, 5) is 26.3. The maximum atomic E-state index is 13.2. The van der Waals surface area contributed by atoms with Gasteiger partial charge in [-0.2, -0.15) is 0 Å². The first kappa shape index (κ1) is 39.9. The van der Waals surface area contributed by atoms with Gasteiger partial charge in [-0.1, -0.05) is 74.8 Å². The maximum Gasteiger partial charge on any atom is 0.331 e. The minimum atomic E-state index is -1.11. The SMILES string of the molecule is CCOC(=O)[C@]1(N)c2cc(Br)ccc2CC12C[C@@H](C)C(OC)[C@@H](C)C2.CCOC(=O)[C@]1(N)c2cc(CC)ccc2CC12C[C@@H](C)C(OC)[C@@H](C)C2. The van der Waals surface area contributed by atoms with Gasteiger partial charge in [0.1, 0.15) is 11.1 Å². The first-order valence-corrected chi connectivity index (χ1v) is 19.8. The second-order valence-corrected chi connectivity index (χ2v) is 17.2. The fourth-order valence-corrected chi connectivity index (χ4v) is 11.6. The molecule has 0 radical (unpaired) electrons. The Morgan fingerprint density at radius 2 is 1.08 bits per heavy atom. The largest absolute Gasteiger partial charge is 0.464 e. The molecular weight excluding hydrogens is 708 g/mol. The number of nitrogens with two attached hydrogens (primary N) is 2. The molecule has 2 aromatic carbocycles. The van der Waals surface area contributed by atoms with Crippen molar-refractivity contribution in [2.45, 2.75) is 117 Å². The highest BCUT2D eigenvalue weighted by Gasteiger charge is 2.65. The summed E-state index contributed by atoms with van der Waals surface area (Å²) >= 11 is 3.53. The first-order valence-electron chi connectivity index (χ1n) is 19.0. The number of rotatable bonds is 7. The van der Waals surface area contributed by atoms with E-state index < -0.39 is 11.1 Å². The number of esters is 2. The molecule has 9 heteroatoms. The summed E-state index contributed by atoms with van der Waals surface area (Å²) in [6, 6.07) is 12.6. The van der Waals surface area contributed by atoms with Gasteiger partial charge in [-0.05, 0) is 122 Å². The standard InChI is InChI=1S/C22H33NO3.C20H28BrNO3/c1-6-16-8-9-17-13-21(11-14(3)19(25-5)15(4)12-21)22(23,18(17)10-16)20(24)26-7-2;1-5-25-18(23)20(22)16-8-15(21)7-6-14(16)11-19(20)9-12(2)17(24-4)13(3)10-19/h8-10,14-15,19H,6-7,11-13,23H2,1-5H3;6-8,12-13,17H,5,9-11,22H2,1-4H3/t14-,15+,19?,21?,22-;12-,13+,17?,19?,20-/m11/s1. The van der Waals surface area contributed by atoms with Crippen molar-refractivity contribution in [3.63, 3.8) is 0 Å². The molecule has 282 valence electrons. The van der Waals surface area contributed by atoms with E-state index in [-0.39, 0.29) is 35.0 Å². The van der Waals surface area contributed by atoms with Crippen molar-refractivity contribution in [2.75, 3.05) is 27.4 Å². The normalized spacial score (nSPS) is 36.6. The molecule has 10 atom stereocenters. The number of ether oxygens (including phenoxy) is 4. The van der Waals surface area contributed by atoms with Crippen LogP contribution in [0.4, 0.5) is 0 Å². The van der Waals surface area contributed by atoms with Gasteiger partial charge in [-0.3, -0.25) is 0 Å². The van der Waals surface area contributed by atoms with Crippen molar-refractivity contribution < 1.29 is 28.5 Å². The van der Waals surface area contributed by atoms with Crippen LogP contribution < -0.4 is 11.5 Å². The number of hydrogen-bond donors (Lipinski definition) is 2. The van der Waals surface area contributed by atoms with Crippen molar-refractivity contribution in [3.8, 4) is 0 Å². The Balaban J connectivity index is 0.000000198. The molecule has 0 heterocycles. The summed E-state index contributed by atoms with van der Waals surface area (Å²) in [5.41, 5.74) is 16.6. The van der Waals surface area contributed by atoms with Gasteiger partial charge in [0.05, 0.1) is 25.4 Å². The third kappa shape index (κ3) is 6.51. The van der Waals surface area contributed by atoms with Crippen LogP contribution in [0, 0.1) is 34.5 Å². The Hall–Kier alpha value is -2.30. The monoisotopic (exact) mass is 768 g/mol. The predicted molar refractivity (Wildman–Crippen MR) is 204 cm³/mol. The Kier molecular flexibility index (Phi) is 11.9. The van der Waals surface area contributed by atoms with E-state index in [2.05, 4.69) is 74.8 Å². The minimum absolute atomic E-state index is 0.201. The molecule has 4 aliphatic rings. The highest BCUT2D eigenvalue weighted by atomic mass is 79.9. The minimum Gasteiger partial charge on any atom is -0.464 e. The van der Waals surface area contributed by atoms with E-state index in [9.17, 15) is 9.59 Å². The van der Waals surface area contributed by atoms with Crippen LogP contribution in [0.15, 0.2) is 40.9 Å². The van der Waals surface area contributed by atoms with Gasteiger partial charge in [0, 0.05) is 29.5 Å². The quantitative estimate of drug-likeness (QED) is 0.280. The second kappa shape index (κ2) is 15.2. The molecular formula is C42H61BrN2O6. The average molecular weight is 770 g/mol. The molecule has 4 N–H and O–H groups in total. The number of halogens is 1. The van der Waals surface area contributed by atoms with Crippen molar-refractivity contribution in [2.24, 2.45) is 46.0 Å². The Bertz CT molecular complexity index is 1570. The van der Waals surface area contributed by atoms with Gasteiger partial charge in [0.2, 0.25) is 0 Å². The fraction of sp³-hybridized carbons (Fsp3) is 0.667. The molecule has 0 bridgehead atoms. The van der Waals surface area contributed by atoms with Gasteiger partial charge in [0.25, 0.3) is 0 Å².